The van der Waals surface area contributed by atoms with Crippen LogP contribution in [0.3, 0.4) is 0 Å². The minimum Gasteiger partial charge on any atom is -0.457 e. The first-order valence-corrected chi connectivity index (χ1v) is 12.6. The van der Waals surface area contributed by atoms with Crippen molar-refractivity contribution in [3.8, 4) is 22.8 Å². The summed E-state index contributed by atoms with van der Waals surface area (Å²) in [6.45, 7) is 3.24. The number of nitrogens with zero attached hydrogens (tertiary/aromatic N) is 3. The number of rotatable bonds is 3. The van der Waals surface area contributed by atoms with Crippen molar-refractivity contribution in [2.75, 3.05) is 18.5 Å². The molecule has 3 aromatic carbocycles. The van der Waals surface area contributed by atoms with Gasteiger partial charge in [-0.25, -0.2) is 9.97 Å². The number of nitro benzene ring substituents is 1. The third-order valence-electron chi connectivity index (χ3n) is 6.26. The number of nitrogens with one attached hydrogen (secondary N) is 2. The Bertz CT molecular complexity index is 1490. The van der Waals surface area contributed by atoms with Gasteiger partial charge in [-0.3, -0.25) is 14.9 Å². The molecule has 10 nitrogen and oxygen atoms in total. The zero-order valence-corrected chi connectivity index (χ0v) is 21.3. The number of carbonyl (C=O) groups is 1. The molecular weight excluding hydrogens is 498 g/mol. The quantitative estimate of drug-likeness (QED) is 0.251. The second-order valence-corrected chi connectivity index (χ2v) is 9.28. The fourth-order valence-electron chi connectivity index (χ4n) is 4.21. The van der Waals surface area contributed by atoms with E-state index >= 15 is 0 Å². The maximum absolute atomic E-state index is 12.7. The van der Waals surface area contributed by atoms with Crippen LogP contribution in [0.5, 0.6) is 11.5 Å². The number of carbonyl (C=O) groups excluding carboxylic acids is 1. The van der Waals surface area contributed by atoms with Crippen LogP contribution >= 0.6 is 0 Å². The highest BCUT2D eigenvalue weighted by Crippen LogP contribution is 2.32. The molecule has 2 N–H and O–H groups in total. The van der Waals surface area contributed by atoms with Crippen molar-refractivity contribution < 1.29 is 19.2 Å². The van der Waals surface area contributed by atoms with E-state index in [-0.39, 0.29) is 34.6 Å². The number of ether oxygens (including phenoxy) is 2. The molecule has 0 saturated heterocycles. The lowest BCUT2D eigenvalue weighted by molar-refractivity contribution is -0.384. The van der Waals surface area contributed by atoms with E-state index < -0.39 is 4.92 Å². The number of fused-ring (bicyclic) bond motifs is 9. The molecule has 6 rings (SSSR count). The molecule has 0 aliphatic carbocycles. The van der Waals surface area contributed by atoms with Gasteiger partial charge in [0.2, 0.25) is 5.95 Å². The van der Waals surface area contributed by atoms with Gasteiger partial charge in [-0.05, 0) is 60.9 Å². The second kappa shape index (κ2) is 11.7. The van der Waals surface area contributed by atoms with Crippen molar-refractivity contribution in [2.45, 2.75) is 20.0 Å². The maximum Gasteiger partial charge on any atom is 0.279 e. The smallest absolute Gasteiger partial charge is 0.279 e. The molecule has 198 valence electrons. The molecular formula is C29H27N5O5. The van der Waals surface area contributed by atoms with E-state index in [0.29, 0.717) is 49.1 Å². The number of amides is 1. The predicted octanol–water partition coefficient (Wildman–Crippen LogP) is 5.87. The maximum atomic E-state index is 12.7. The van der Waals surface area contributed by atoms with E-state index in [1.54, 1.807) is 12.1 Å². The van der Waals surface area contributed by atoms with Crippen molar-refractivity contribution in [3.63, 3.8) is 0 Å². The Labute approximate surface area is 225 Å². The normalized spacial score (nSPS) is 15.7. The first kappa shape index (κ1) is 25.8. The Morgan fingerprint density at radius 1 is 1.08 bits per heavy atom. The van der Waals surface area contributed by atoms with Crippen molar-refractivity contribution in [2.24, 2.45) is 5.92 Å². The van der Waals surface area contributed by atoms with Crippen LogP contribution in [0.1, 0.15) is 29.3 Å². The third kappa shape index (κ3) is 6.36. The first-order chi connectivity index (χ1) is 19.0. The molecule has 10 heteroatoms. The molecule has 0 radical (unpaired) electrons. The van der Waals surface area contributed by atoms with Gasteiger partial charge in [0.15, 0.2) is 0 Å². The second-order valence-electron chi connectivity index (χ2n) is 9.28. The van der Waals surface area contributed by atoms with Crippen LogP contribution in [-0.4, -0.2) is 34.0 Å². The summed E-state index contributed by atoms with van der Waals surface area (Å²) in [4.78, 5) is 32.9. The lowest BCUT2D eigenvalue weighted by Crippen LogP contribution is -2.26. The van der Waals surface area contributed by atoms with Crippen LogP contribution < -0.4 is 15.4 Å². The molecule has 39 heavy (non-hydrogen) atoms. The van der Waals surface area contributed by atoms with Crippen LogP contribution in [-0.2, 0) is 11.3 Å². The third-order valence-corrected chi connectivity index (χ3v) is 6.26. The zero-order chi connectivity index (χ0) is 27.2. The van der Waals surface area contributed by atoms with Crippen molar-refractivity contribution in [1.29, 1.82) is 0 Å². The summed E-state index contributed by atoms with van der Waals surface area (Å²) in [6.07, 6.45) is 2.21. The number of aromatic nitrogens is 2. The van der Waals surface area contributed by atoms with E-state index in [9.17, 15) is 14.9 Å². The molecule has 1 amide bonds. The summed E-state index contributed by atoms with van der Waals surface area (Å²) in [5.74, 6) is 1.41. The van der Waals surface area contributed by atoms with E-state index in [4.69, 9.17) is 9.47 Å². The van der Waals surface area contributed by atoms with Gasteiger partial charge < -0.3 is 20.1 Å². The van der Waals surface area contributed by atoms with E-state index in [0.717, 1.165) is 5.56 Å². The Morgan fingerprint density at radius 3 is 2.74 bits per heavy atom. The van der Waals surface area contributed by atoms with Crippen LogP contribution in [0.25, 0.3) is 11.3 Å². The minimum atomic E-state index is -0.513. The average Bonchev–Trinajstić information content (AvgIpc) is 2.94. The van der Waals surface area contributed by atoms with Crippen LogP contribution in [0.2, 0.25) is 0 Å². The molecule has 2 aliphatic rings. The minimum absolute atomic E-state index is 0.166. The monoisotopic (exact) mass is 525 g/mol. The van der Waals surface area contributed by atoms with Gasteiger partial charge >= 0.3 is 0 Å². The van der Waals surface area contributed by atoms with Gasteiger partial charge in [0.1, 0.15) is 11.5 Å². The largest absolute Gasteiger partial charge is 0.457 e. The van der Waals surface area contributed by atoms with Crippen LogP contribution in [0.15, 0.2) is 79.0 Å². The van der Waals surface area contributed by atoms with Gasteiger partial charge in [0, 0.05) is 42.2 Å². The topological polar surface area (TPSA) is 129 Å². The molecule has 4 aromatic rings. The summed E-state index contributed by atoms with van der Waals surface area (Å²) < 4.78 is 12.2. The summed E-state index contributed by atoms with van der Waals surface area (Å²) in [5, 5.41) is 17.9. The Morgan fingerprint density at radius 2 is 1.92 bits per heavy atom. The number of hydrogen-bond acceptors (Lipinski definition) is 8. The fourth-order valence-corrected chi connectivity index (χ4v) is 4.21. The Kier molecular flexibility index (Phi) is 7.74. The lowest BCUT2D eigenvalue weighted by Gasteiger charge is -2.16. The number of anilines is 2. The first-order valence-electron chi connectivity index (χ1n) is 12.6. The summed E-state index contributed by atoms with van der Waals surface area (Å²) in [6, 6.07) is 21.1. The van der Waals surface area contributed by atoms with Gasteiger partial charge in [-0.2, -0.15) is 0 Å². The number of hydrogen-bond donors (Lipinski definition) is 2. The molecule has 1 aromatic heterocycles. The highest BCUT2D eigenvalue weighted by atomic mass is 16.6. The van der Waals surface area contributed by atoms with Crippen molar-refractivity contribution in [1.82, 2.24) is 15.3 Å². The van der Waals surface area contributed by atoms with Gasteiger partial charge in [-0.15, -0.1) is 0 Å². The molecule has 0 spiro atoms. The standard InChI is InChI=1S/C29H27N5O5/c1-19-11-13-30-28(35)20-7-9-24(26(16-20)34(36)37)25-12-14-31-29(33-25)32-22-8-10-27(21(15-22)18-38-17-19)39-23-5-3-2-4-6-23/h2-10,12,14-16,19H,11,13,17-18H2,1H3,(H,30,35)(H,31,32,33). The molecule has 3 heterocycles. The number of para-hydroxylation sites is 1. The van der Waals surface area contributed by atoms with Gasteiger partial charge in [-0.1, -0.05) is 25.1 Å². The SMILES string of the molecule is CC1CCNC(=O)c2ccc(c([N+](=O)[O-])c2)-c2ccnc(n2)Nc2ccc(Oc3ccccc3)c(c2)COC1. The van der Waals surface area contributed by atoms with Crippen LogP contribution in [0, 0.1) is 16.0 Å². The summed E-state index contributed by atoms with van der Waals surface area (Å²) >= 11 is 0. The average molecular weight is 526 g/mol. The fraction of sp³-hybridized carbons (Fsp3) is 0.207. The van der Waals surface area contributed by atoms with Crippen molar-refractivity contribution in [3.05, 3.63) is 100 Å². The lowest BCUT2D eigenvalue weighted by atomic mass is 10.1. The Balaban J connectivity index is 1.52. The number of benzene rings is 3. The summed E-state index contributed by atoms with van der Waals surface area (Å²) in [7, 11) is 0. The number of nitro groups is 1. The van der Waals surface area contributed by atoms with Gasteiger partial charge in [0.25, 0.3) is 11.6 Å². The molecule has 0 fully saturated rings. The Hall–Kier alpha value is -4.83. The zero-order valence-electron chi connectivity index (χ0n) is 21.3. The molecule has 0 saturated carbocycles. The van der Waals surface area contributed by atoms with Crippen LogP contribution in [0.4, 0.5) is 17.3 Å². The van der Waals surface area contributed by atoms with Gasteiger partial charge in [0.05, 0.1) is 22.8 Å². The van der Waals surface area contributed by atoms with E-state index in [2.05, 4.69) is 20.6 Å². The van der Waals surface area contributed by atoms with E-state index in [1.165, 1.54) is 18.3 Å². The van der Waals surface area contributed by atoms with E-state index in [1.807, 2.05) is 55.5 Å². The van der Waals surface area contributed by atoms with Crippen molar-refractivity contribution >= 4 is 23.2 Å². The summed E-state index contributed by atoms with van der Waals surface area (Å²) in [5.41, 5.74) is 2.17. The highest BCUT2D eigenvalue weighted by molar-refractivity contribution is 5.96. The molecule has 2 aliphatic heterocycles. The highest BCUT2D eigenvalue weighted by Gasteiger charge is 2.20. The molecule has 1 atom stereocenters. The predicted molar refractivity (Wildman–Crippen MR) is 146 cm³/mol. The molecule has 6 bridgehead atoms. The molecule has 1 unspecified atom stereocenters.